The average Bonchev–Trinajstić information content (AvgIpc) is 1.89. The van der Waals surface area contributed by atoms with E-state index in [1.807, 2.05) is 0 Å². The van der Waals surface area contributed by atoms with Crippen LogP contribution in [0.2, 0.25) is 0 Å². The highest BCUT2D eigenvalue weighted by atomic mass is 32.2. The minimum atomic E-state index is -0.975. The van der Waals surface area contributed by atoms with Crippen molar-refractivity contribution in [1.29, 1.82) is 0 Å². The van der Waals surface area contributed by atoms with Gasteiger partial charge in [0, 0.05) is 6.20 Å². The van der Waals surface area contributed by atoms with E-state index in [0.29, 0.717) is 10.2 Å². The van der Waals surface area contributed by atoms with Gasteiger partial charge in [-0.25, -0.2) is 14.2 Å². The van der Waals surface area contributed by atoms with Crippen molar-refractivity contribution in [2.45, 2.75) is 10.2 Å². The first-order chi connectivity index (χ1) is 3.88. The molecule has 4 heteroatoms. The lowest BCUT2D eigenvalue weighted by atomic mass is 10.7. The molecule has 0 amide bonds. The quantitative estimate of drug-likeness (QED) is 0.367. The maximum absolute atomic E-state index is 10.6. The van der Waals surface area contributed by atoms with Gasteiger partial charge in [-0.05, 0) is 6.07 Å². The monoisotopic (exact) mass is 126 g/mol. The van der Waals surface area contributed by atoms with E-state index >= 15 is 0 Å². The summed E-state index contributed by atoms with van der Waals surface area (Å²) in [4.78, 5) is 7.51. The van der Waals surface area contributed by atoms with Crippen molar-refractivity contribution in [3.63, 3.8) is 0 Å². The second kappa shape index (κ2) is 1.14. The summed E-state index contributed by atoms with van der Waals surface area (Å²) >= 11 is 0. The van der Waals surface area contributed by atoms with Crippen LogP contribution < -0.4 is 0 Å². The molecular formula is C4H2N2OS. The third-order valence-electron chi connectivity index (χ3n) is 0.964. The van der Waals surface area contributed by atoms with Gasteiger partial charge in [0.1, 0.15) is 15.8 Å². The van der Waals surface area contributed by atoms with Crippen LogP contribution in [0.3, 0.4) is 0 Å². The standard InChI is InChI=1S/C4H2N2OS/c7-8-3-1-2-5-4(8)6-3/h1-2H. The summed E-state index contributed by atoms with van der Waals surface area (Å²) in [6.07, 6.45) is 1.61. The molecule has 1 unspecified atom stereocenters. The summed E-state index contributed by atoms with van der Waals surface area (Å²) in [6, 6.07) is 1.66. The van der Waals surface area contributed by atoms with Crippen molar-refractivity contribution >= 4 is 10.8 Å². The van der Waals surface area contributed by atoms with Crippen molar-refractivity contribution in [2.75, 3.05) is 0 Å². The van der Waals surface area contributed by atoms with Crippen molar-refractivity contribution in [1.82, 2.24) is 9.97 Å². The molecule has 8 heavy (non-hydrogen) atoms. The van der Waals surface area contributed by atoms with E-state index in [9.17, 15) is 4.21 Å². The number of aromatic nitrogens is 2. The van der Waals surface area contributed by atoms with Gasteiger partial charge >= 0.3 is 0 Å². The first-order valence-electron chi connectivity index (χ1n) is 2.13. The van der Waals surface area contributed by atoms with Gasteiger partial charge in [-0.2, -0.15) is 0 Å². The zero-order valence-corrected chi connectivity index (χ0v) is 4.68. The molecular weight excluding hydrogens is 124 g/mol. The SMILES string of the molecule is O=S1c2ccnc1n2. The molecule has 0 aromatic carbocycles. The summed E-state index contributed by atoms with van der Waals surface area (Å²) in [5, 5.41) is 1.11. The van der Waals surface area contributed by atoms with E-state index in [1.165, 1.54) is 0 Å². The summed E-state index contributed by atoms with van der Waals surface area (Å²) in [7, 11) is -0.975. The topological polar surface area (TPSA) is 42.9 Å². The molecule has 3 heterocycles. The van der Waals surface area contributed by atoms with Gasteiger partial charge in [0.05, 0.1) is 0 Å². The highest BCUT2D eigenvalue weighted by Crippen LogP contribution is 2.17. The predicted octanol–water partition coefficient (Wildman–Crippen LogP) is -0.0433. The normalized spacial score (nSPS) is 22.2. The van der Waals surface area contributed by atoms with Crippen LogP contribution in [-0.2, 0) is 10.8 Å². The molecule has 0 spiro atoms. The Morgan fingerprint density at radius 1 is 1.62 bits per heavy atom. The highest BCUT2D eigenvalue weighted by Gasteiger charge is 2.21. The number of hydrogen-bond acceptors (Lipinski definition) is 3. The molecule has 1 atom stereocenters. The van der Waals surface area contributed by atoms with Gasteiger partial charge in [-0.15, -0.1) is 0 Å². The van der Waals surface area contributed by atoms with E-state index in [-0.39, 0.29) is 0 Å². The number of hydrogen-bond donors (Lipinski definition) is 0. The lowest BCUT2D eigenvalue weighted by Gasteiger charge is -2.07. The minimum Gasteiger partial charge on any atom is -0.244 e. The first-order valence-corrected chi connectivity index (χ1v) is 3.28. The van der Waals surface area contributed by atoms with Gasteiger partial charge in [0.2, 0.25) is 5.16 Å². The Morgan fingerprint density at radius 2 is 2.50 bits per heavy atom. The fraction of sp³-hybridized carbons (Fsp3) is 0. The van der Waals surface area contributed by atoms with E-state index < -0.39 is 10.8 Å². The summed E-state index contributed by atoms with van der Waals surface area (Å²) < 4.78 is 10.6. The molecule has 0 aliphatic carbocycles. The number of nitrogens with zero attached hydrogens (tertiary/aromatic N) is 2. The Morgan fingerprint density at radius 3 is 2.75 bits per heavy atom. The maximum Gasteiger partial charge on any atom is 0.226 e. The molecule has 1 aromatic rings. The molecule has 1 aromatic heterocycles. The zero-order chi connectivity index (χ0) is 5.56. The Kier molecular flexibility index (Phi) is 0.590. The zero-order valence-electron chi connectivity index (χ0n) is 3.87. The fourth-order valence-electron chi connectivity index (χ4n) is 0.572. The van der Waals surface area contributed by atoms with Crippen molar-refractivity contribution < 1.29 is 4.21 Å². The molecule has 2 bridgehead atoms. The third kappa shape index (κ3) is 0.315. The second-order valence-electron chi connectivity index (χ2n) is 1.45. The van der Waals surface area contributed by atoms with Gasteiger partial charge < -0.3 is 0 Å². The summed E-state index contributed by atoms with van der Waals surface area (Å²) in [6.45, 7) is 0. The molecule has 3 rings (SSSR count). The van der Waals surface area contributed by atoms with Crippen LogP contribution in [-0.4, -0.2) is 14.2 Å². The summed E-state index contributed by atoms with van der Waals surface area (Å²) in [5.41, 5.74) is 0. The van der Waals surface area contributed by atoms with Crippen molar-refractivity contribution in [3.8, 4) is 0 Å². The van der Waals surface area contributed by atoms with Gasteiger partial charge in [0.25, 0.3) is 0 Å². The van der Waals surface area contributed by atoms with Gasteiger partial charge in [-0.3, -0.25) is 0 Å². The molecule has 0 N–H and O–H groups in total. The number of fused-ring (bicyclic) bond motifs is 2. The van der Waals surface area contributed by atoms with Crippen LogP contribution >= 0.6 is 0 Å². The molecule has 3 nitrogen and oxygen atoms in total. The minimum absolute atomic E-state index is 0.461. The van der Waals surface area contributed by atoms with E-state index in [2.05, 4.69) is 9.97 Å². The predicted molar refractivity (Wildman–Crippen MR) is 26.7 cm³/mol. The molecule has 0 saturated carbocycles. The maximum atomic E-state index is 10.6. The molecule has 0 saturated heterocycles. The molecule has 2 aliphatic heterocycles. The van der Waals surface area contributed by atoms with E-state index in [1.54, 1.807) is 12.3 Å². The molecule has 40 valence electrons. The molecule has 2 aliphatic rings. The van der Waals surface area contributed by atoms with E-state index in [4.69, 9.17) is 0 Å². The largest absolute Gasteiger partial charge is 0.244 e. The number of rotatable bonds is 0. The van der Waals surface area contributed by atoms with Gasteiger partial charge in [0.15, 0.2) is 0 Å². The lowest BCUT2D eigenvalue weighted by Crippen LogP contribution is -2.12. The average molecular weight is 126 g/mol. The van der Waals surface area contributed by atoms with Crippen molar-refractivity contribution in [3.05, 3.63) is 12.3 Å². The van der Waals surface area contributed by atoms with Crippen LogP contribution in [0.25, 0.3) is 0 Å². The first kappa shape index (κ1) is 4.14. The fourth-order valence-corrected chi connectivity index (χ4v) is 1.32. The van der Waals surface area contributed by atoms with Crippen LogP contribution in [0.1, 0.15) is 0 Å². The molecule has 0 radical (unpaired) electrons. The van der Waals surface area contributed by atoms with Crippen molar-refractivity contribution in [2.24, 2.45) is 0 Å². The Labute approximate surface area is 48.2 Å². The third-order valence-corrected chi connectivity index (χ3v) is 2.10. The lowest BCUT2D eigenvalue weighted by molar-refractivity contribution is 0.649. The smallest absolute Gasteiger partial charge is 0.226 e. The van der Waals surface area contributed by atoms with Crippen LogP contribution in [0.15, 0.2) is 22.4 Å². The van der Waals surface area contributed by atoms with Crippen LogP contribution in [0.4, 0.5) is 0 Å². The van der Waals surface area contributed by atoms with Crippen LogP contribution in [0.5, 0.6) is 0 Å². The van der Waals surface area contributed by atoms with E-state index in [0.717, 1.165) is 0 Å². The highest BCUT2D eigenvalue weighted by molar-refractivity contribution is 7.85. The Bertz CT molecular complexity index is 231. The van der Waals surface area contributed by atoms with Gasteiger partial charge in [-0.1, -0.05) is 0 Å². The second-order valence-corrected chi connectivity index (χ2v) is 2.77. The summed E-state index contributed by atoms with van der Waals surface area (Å²) in [5.74, 6) is 0. The van der Waals surface area contributed by atoms with Crippen LogP contribution in [0, 0.1) is 0 Å². The Hall–Kier alpha value is -0.770. The Balaban J connectivity index is 2.81. The molecule has 0 fully saturated rings.